The second-order valence-electron chi connectivity index (χ2n) is 5.09. The summed E-state index contributed by atoms with van der Waals surface area (Å²) >= 11 is 0. The topological polar surface area (TPSA) is 80.7 Å². The van der Waals surface area contributed by atoms with Crippen LogP contribution in [0.2, 0.25) is 0 Å². The molecule has 0 radical (unpaired) electrons. The number of nitrogens with zero attached hydrogens (tertiary/aromatic N) is 2. The van der Waals surface area contributed by atoms with Crippen molar-refractivity contribution in [3.05, 3.63) is 18.0 Å². The molecule has 1 saturated heterocycles. The highest BCUT2D eigenvalue weighted by Crippen LogP contribution is 2.19. The number of nitrogen functional groups attached to an aromatic ring is 1. The molecule has 3 N–H and O–H groups in total. The Morgan fingerprint density at radius 3 is 3.00 bits per heavy atom. The molecule has 0 bridgehead atoms. The fraction of sp³-hybridized carbons (Fsp3) is 0.615. The standard InChI is InChI=1S/C13H21N3O3/c1-9(2)16-6-10(14)5-12(16)13(18)15-3-4-19-11(7-15)8-17/h5-6,9,11,17H,3-4,7-8,14H2,1-2H3. The molecule has 1 atom stereocenters. The summed E-state index contributed by atoms with van der Waals surface area (Å²) in [6, 6.07) is 1.87. The van der Waals surface area contributed by atoms with Crippen LogP contribution >= 0.6 is 0 Å². The maximum atomic E-state index is 12.5. The maximum absolute atomic E-state index is 12.5. The van der Waals surface area contributed by atoms with Crippen molar-refractivity contribution in [3.8, 4) is 0 Å². The normalized spacial score (nSPS) is 20.0. The van der Waals surface area contributed by atoms with Crippen molar-refractivity contribution in [2.24, 2.45) is 0 Å². The molecule has 19 heavy (non-hydrogen) atoms. The molecule has 1 aromatic heterocycles. The van der Waals surface area contributed by atoms with Crippen molar-refractivity contribution in [2.45, 2.75) is 26.0 Å². The van der Waals surface area contributed by atoms with E-state index in [9.17, 15) is 4.79 Å². The molecule has 1 amide bonds. The van der Waals surface area contributed by atoms with Gasteiger partial charge in [-0.15, -0.1) is 0 Å². The quantitative estimate of drug-likeness (QED) is 0.835. The SMILES string of the molecule is CC(C)n1cc(N)cc1C(=O)N1CCOC(CO)C1. The molecule has 0 spiro atoms. The number of nitrogens with two attached hydrogens (primary N) is 1. The number of aliphatic hydroxyl groups is 1. The van der Waals surface area contributed by atoms with Crippen molar-refractivity contribution in [1.29, 1.82) is 0 Å². The van der Waals surface area contributed by atoms with E-state index in [0.29, 0.717) is 31.1 Å². The van der Waals surface area contributed by atoms with E-state index in [2.05, 4.69) is 0 Å². The first-order valence-corrected chi connectivity index (χ1v) is 6.52. The molecule has 2 rings (SSSR count). The Morgan fingerprint density at radius 1 is 1.63 bits per heavy atom. The summed E-state index contributed by atoms with van der Waals surface area (Å²) < 4.78 is 7.23. The predicted molar refractivity (Wildman–Crippen MR) is 72.0 cm³/mol. The Morgan fingerprint density at radius 2 is 2.37 bits per heavy atom. The molecule has 6 nitrogen and oxygen atoms in total. The van der Waals surface area contributed by atoms with Gasteiger partial charge in [0.1, 0.15) is 5.69 Å². The average molecular weight is 267 g/mol. The van der Waals surface area contributed by atoms with Crippen molar-refractivity contribution in [2.75, 3.05) is 32.0 Å². The fourth-order valence-electron chi connectivity index (χ4n) is 2.28. The van der Waals surface area contributed by atoms with Gasteiger partial charge in [-0.3, -0.25) is 4.79 Å². The summed E-state index contributed by atoms with van der Waals surface area (Å²) in [4.78, 5) is 14.2. The van der Waals surface area contributed by atoms with E-state index in [1.54, 1.807) is 17.2 Å². The Bertz CT molecular complexity index is 456. The van der Waals surface area contributed by atoms with E-state index < -0.39 is 0 Å². The van der Waals surface area contributed by atoms with Crippen molar-refractivity contribution in [3.63, 3.8) is 0 Å². The summed E-state index contributed by atoms with van der Waals surface area (Å²) in [5, 5.41) is 9.12. The molecule has 1 fully saturated rings. The number of carbonyl (C=O) groups is 1. The zero-order valence-corrected chi connectivity index (χ0v) is 11.4. The molecular weight excluding hydrogens is 246 g/mol. The third kappa shape index (κ3) is 2.90. The molecule has 1 unspecified atom stereocenters. The maximum Gasteiger partial charge on any atom is 0.270 e. The van der Waals surface area contributed by atoms with Crippen LogP contribution in [-0.2, 0) is 4.74 Å². The van der Waals surface area contributed by atoms with Crippen LogP contribution < -0.4 is 5.73 Å². The smallest absolute Gasteiger partial charge is 0.270 e. The minimum absolute atomic E-state index is 0.0628. The molecule has 0 saturated carbocycles. The van der Waals surface area contributed by atoms with E-state index in [1.165, 1.54) is 0 Å². The molecule has 0 aromatic carbocycles. The highest BCUT2D eigenvalue weighted by atomic mass is 16.5. The summed E-state index contributed by atoms with van der Waals surface area (Å²) in [5.74, 6) is -0.0628. The van der Waals surface area contributed by atoms with Gasteiger partial charge in [-0.25, -0.2) is 0 Å². The summed E-state index contributed by atoms with van der Waals surface area (Å²) in [7, 11) is 0. The van der Waals surface area contributed by atoms with Gasteiger partial charge in [0.25, 0.3) is 5.91 Å². The first kappa shape index (κ1) is 13.9. The average Bonchev–Trinajstić information content (AvgIpc) is 2.80. The van der Waals surface area contributed by atoms with Crippen molar-refractivity contribution >= 4 is 11.6 Å². The highest BCUT2D eigenvalue weighted by Gasteiger charge is 2.26. The lowest BCUT2D eigenvalue weighted by Crippen LogP contribution is -2.47. The van der Waals surface area contributed by atoms with E-state index in [0.717, 1.165) is 0 Å². The van der Waals surface area contributed by atoms with Gasteiger partial charge in [-0.05, 0) is 19.9 Å². The second-order valence-corrected chi connectivity index (χ2v) is 5.09. The van der Waals surface area contributed by atoms with Gasteiger partial charge in [-0.1, -0.05) is 0 Å². The molecule has 106 valence electrons. The lowest BCUT2D eigenvalue weighted by Gasteiger charge is -2.32. The third-order valence-electron chi connectivity index (χ3n) is 3.27. The number of anilines is 1. The summed E-state index contributed by atoms with van der Waals surface area (Å²) in [6.07, 6.45) is 1.49. The predicted octanol–water partition coefficient (Wildman–Crippen LogP) is 0.484. The number of hydrogen-bond donors (Lipinski definition) is 2. The van der Waals surface area contributed by atoms with E-state index >= 15 is 0 Å². The van der Waals surface area contributed by atoms with Gasteiger partial charge in [0.15, 0.2) is 0 Å². The summed E-state index contributed by atoms with van der Waals surface area (Å²) in [6.45, 7) is 5.35. The van der Waals surface area contributed by atoms with Crippen molar-refractivity contribution in [1.82, 2.24) is 9.47 Å². The molecular formula is C13H21N3O3. The minimum Gasteiger partial charge on any atom is -0.397 e. The van der Waals surface area contributed by atoms with Crippen LogP contribution in [0.15, 0.2) is 12.3 Å². The molecule has 6 heteroatoms. The van der Waals surface area contributed by atoms with Crippen LogP contribution in [-0.4, -0.2) is 52.9 Å². The van der Waals surface area contributed by atoms with E-state index in [4.69, 9.17) is 15.6 Å². The molecule has 1 aliphatic rings. The number of aliphatic hydroxyl groups excluding tert-OH is 1. The van der Waals surface area contributed by atoms with Crippen LogP contribution in [0.3, 0.4) is 0 Å². The Balaban J connectivity index is 2.19. The molecule has 1 aromatic rings. The van der Waals surface area contributed by atoms with Gasteiger partial charge in [0.05, 0.1) is 25.0 Å². The lowest BCUT2D eigenvalue weighted by molar-refractivity contribution is -0.0449. The van der Waals surface area contributed by atoms with E-state index in [1.807, 2.05) is 18.4 Å². The number of carbonyl (C=O) groups excluding carboxylic acids is 1. The molecule has 0 aliphatic carbocycles. The monoisotopic (exact) mass is 267 g/mol. The first-order chi connectivity index (χ1) is 9.02. The van der Waals surface area contributed by atoms with Crippen molar-refractivity contribution < 1.29 is 14.6 Å². The van der Waals surface area contributed by atoms with E-state index in [-0.39, 0.29) is 24.7 Å². The highest BCUT2D eigenvalue weighted by molar-refractivity contribution is 5.94. The Hall–Kier alpha value is -1.53. The van der Waals surface area contributed by atoms with Gasteiger partial charge in [0, 0.05) is 25.3 Å². The lowest BCUT2D eigenvalue weighted by atomic mass is 10.2. The third-order valence-corrected chi connectivity index (χ3v) is 3.27. The number of ether oxygens (including phenoxy) is 1. The number of hydrogen-bond acceptors (Lipinski definition) is 4. The second kappa shape index (κ2) is 5.63. The fourth-order valence-corrected chi connectivity index (χ4v) is 2.28. The van der Waals surface area contributed by atoms with Gasteiger partial charge in [0.2, 0.25) is 0 Å². The Labute approximate surface area is 112 Å². The van der Waals surface area contributed by atoms with Gasteiger partial charge in [-0.2, -0.15) is 0 Å². The largest absolute Gasteiger partial charge is 0.397 e. The zero-order valence-electron chi connectivity index (χ0n) is 11.4. The van der Waals surface area contributed by atoms with Crippen LogP contribution in [0.5, 0.6) is 0 Å². The number of amides is 1. The zero-order chi connectivity index (χ0) is 14.0. The van der Waals surface area contributed by atoms with Crippen LogP contribution in [0, 0.1) is 0 Å². The molecule has 2 heterocycles. The molecule has 1 aliphatic heterocycles. The Kier molecular flexibility index (Phi) is 4.11. The van der Waals surface area contributed by atoms with Crippen LogP contribution in [0.1, 0.15) is 30.4 Å². The minimum atomic E-state index is -0.294. The van der Waals surface area contributed by atoms with Gasteiger partial charge < -0.3 is 25.0 Å². The number of rotatable bonds is 3. The first-order valence-electron chi connectivity index (χ1n) is 6.52. The number of aromatic nitrogens is 1. The van der Waals surface area contributed by atoms with Crippen LogP contribution in [0.25, 0.3) is 0 Å². The van der Waals surface area contributed by atoms with Crippen LogP contribution in [0.4, 0.5) is 5.69 Å². The number of morpholine rings is 1. The summed E-state index contributed by atoms with van der Waals surface area (Å²) in [5.41, 5.74) is 6.96. The van der Waals surface area contributed by atoms with Gasteiger partial charge >= 0.3 is 0 Å².